The molecule has 0 bridgehead atoms. The molecule has 1 aromatic carbocycles. The van der Waals surface area contributed by atoms with Crippen molar-refractivity contribution in [2.24, 2.45) is 11.8 Å². The van der Waals surface area contributed by atoms with Crippen molar-refractivity contribution in [3.63, 3.8) is 0 Å². The number of carbonyl (C=O) groups is 4. The maximum atomic E-state index is 14.0. The monoisotopic (exact) mass is 545 g/mol. The van der Waals surface area contributed by atoms with Gasteiger partial charge >= 0.3 is 5.97 Å². The van der Waals surface area contributed by atoms with Crippen LogP contribution in [0.5, 0.6) is 5.75 Å². The Kier molecular flexibility index (Phi) is 7.06. The second-order valence-corrected chi connectivity index (χ2v) is 10.4. The van der Waals surface area contributed by atoms with Gasteiger partial charge in [-0.3, -0.25) is 29.4 Å². The average molecular weight is 546 g/mol. The van der Waals surface area contributed by atoms with Gasteiger partial charge < -0.3 is 36.0 Å². The normalized spacial score (nSPS) is 30.2. The highest BCUT2D eigenvalue weighted by Crippen LogP contribution is 2.57. The molecule has 0 aromatic heterocycles. The lowest BCUT2D eigenvalue weighted by molar-refractivity contribution is -0.159. The largest absolute Gasteiger partial charge is 0.508 e. The van der Waals surface area contributed by atoms with E-state index in [2.05, 4.69) is 10.6 Å². The van der Waals surface area contributed by atoms with Gasteiger partial charge in [-0.25, -0.2) is 0 Å². The summed E-state index contributed by atoms with van der Waals surface area (Å²) in [4.78, 5) is 52.5. The molecular weight excluding hydrogens is 514 g/mol. The van der Waals surface area contributed by atoms with Crippen LogP contribution in [0.15, 0.2) is 35.1 Å². The number of hydrogen-bond acceptors (Lipinski definition) is 11. The number of nitrogens with zero attached hydrogens (tertiary/aromatic N) is 1. The van der Waals surface area contributed by atoms with Crippen LogP contribution in [-0.4, -0.2) is 97.9 Å². The molecule has 0 heterocycles. The summed E-state index contributed by atoms with van der Waals surface area (Å²) >= 11 is 0. The number of rotatable bonds is 7. The van der Waals surface area contributed by atoms with E-state index in [9.17, 15) is 44.7 Å². The van der Waals surface area contributed by atoms with Crippen LogP contribution in [0.3, 0.4) is 0 Å². The minimum Gasteiger partial charge on any atom is -0.508 e. The molecule has 0 spiro atoms. The third-order valence-corrected chi connectivity index (χ3v) is 7.89. The van der Waals surface area contributed by atoms with Crippen molar-refractivity contribution < 1.29 is 49.8 Å². The molecule has 0 saturated heterocycles. The van der Waals surface area contributed by atoms with Crippen molar-refractivity contribution in [2.75, 3.05) is 27.3 Å². The summed E-state index contributed by atoms with van der Waals surface area (Å²) in [5.74, 6) is -8.98. The van der Waals surface area contributed by atoms with Gasteiger partial charge in [0.1, 0.15) is 22.8 Å². The summed E-state index contributed by atoms with van der Waals surface area (Å²) in [5, 5.41) is 69.7. The minimum absolute atomic E-state index is 0.00246. The summed E-state index contributed by atoms with van der Waals surface area (Å²) in [6.07, 6.45) is -0.475. The van der Waals surface area contributed by atoms with E-state index in [-0.39, 0.29) is 37.2 Å². The standard InChI is InChI=1S/C26H31N3O10/c1-25(38)11-5-4-6-14(30)16(11)20(33)17-12(25)9-13-19(29(2)3)21(34)18(23(36)26(13,39)22(17)35)24(37)28-10-27-8-7-15(31)32/h4-6,12-13,19,27,30,33,36,38-39H,7-10H2,1-3H3,(H,28,37)(H,31,32)/t12-,13-,19-,25+,26+/m0/s1. The van der Waals surface area contributed by atoms with Crippen LogP contribution in [0.2, 0.25) is 0 Å². The van der Waals surface area contributed by atoms with Gasteiger partial charge in [0.25, 0.3) is 5.91 Å². The highest BCUT2D eigenvalue weighted by atomic mass is 16.4. The fourth-order valence-electron chi connectivity index (χ4n) is 6.00. The third-order valence-electron chi connectivity index (χ3n) is 7.89. The quantitative estimate of drug-likeness (QED) is 0.121. The number of fused-ring (bicyclic) bond motifs is 3. The van der Waals surface area contributed by atoms with Crippen molar-refractivity contribution in [3.05, 3.63) is 46.2 Å². The molecule has 13 nitrogen and oxygen atoms in total. The van der Waals surface area contributed by atoms with Gasteiger partial charge in [-0.2, -0.15) is 0 Å². The zero-order chi connectivity index (χ0) is 29.0. The molecule has 0 aliphatic heterocycles. The first-order chi connectivity index (χ1) is 18.2. The summed E-state index contributed by atoms with van der Waals surface area (Å²) in [6.45, 7) is 1.12. The molecule has 5 atom stereocenters. The molecule has 3 aliphatic carbocycles. The molecule has 8 N–H and O–H groups in total. The van der Waals surface area contributed by atoms with Gasteiger partial charge in [-0.1, -0.05) is 12.1 Å². The number of carboxylic acid groups (broad SMARTS) is 1. The molecule has 4 rings (SSSR count). The number of aromatic hydroxyl groups is 1. The molecule has 1 saturated carbocycles. The Bertz CT molecular complexity index is 1330. The van der Waals surface area contributed by atoms with E-state index in [1.54, 1.807) is 0 Å². The summed E-state index contributed by atoms with van der Waals surface area (Å²) in [7, 11) is 2.99. The second-order valence-electron chi connectivity index (χ2n) is 10.4. The number of ketones is 2. The zero-order valence-electron chi connectivity index (χ0n) is 21.6. The van der Waals surface area contributed by atoms with E-state index < -0.39 is 80.9 Å². The highest BCUT2D eigenvalue weighted by Gasteiger charge is 2.66. The van der Waals surface area contributed by atoms with E-state index >= 15 is 0 Å². The molecule has 1 amide bonds. The van der Waals surface area contributed by atoms with E-state index in [4.69, 9.17) is 5.11 Å². The van der Waals surface area contributed by atoms with Crippen LogP contribution in [-0.2, 0) is 24.8 Å². The lowest BCUT2D eigenvalue weighted by atomic mass is 9.54. The molecule has 39 heavy (non-hydrogen) atoms. The van der Waals surface area contributed by atoms with Crippen molar-refractivity contribution in [1.82, 2.24) is 15.5 Å². The molecule has 13 heteroatoms. The number of Topliss-reactive ketones (excluding diaryl/α,β-unsaturated/α-hetero) is 2. The van der Waals surface area contributed by atoms with Crippen molar-refractivity contribution in [2.45, 2.75) is 37.0 Å². The lowest BCUT2D eigenvalue weighted by Crippen LogP contribution is -2.67. The Morgan fingerprint density at radius 1 is 1.13 bits per heavy atom. The number of aliphatic hydroxyl groups excluding tert-OH is 2. The second kappa shape index (κ2) is 9.75. The fraction of sp³-hybridized carbons (Fsp3) is 0.462. The Morgan fingerprint density at radius 2 is 1.79 bits per heavy atom. The van der Waals surface area contributed by atoms with Crippen molar-refractivity contribution in [3.8, 4) is 5.75 Å². The van der Waals surface area contributed by atoms with Gasteiger partial charge in [-0.05, 0) is 39.1 Å². The summed E-state index contributed by atoms with van der Waals surface area (Å²) in [6, 6.07) is 2.92. The Labute approximate surface area is 223 Å². The lowest BCUT2D eigenvalue weighted by Gasteiger charge is -2.53. The molecular formula is C26H31N3O10. The first-order valence-corrected chi connectivity index (χ1v) is 12.3. The first-order valence-electron chi connectivity index (χ1n) is 12.3. The van der Waals surface area contributed by atoms with Crippen LogP contribution in [0.25, 0.3) is 5.76 Å². The predicted octanol–water partition coefficient (Wildman–Crippen LogP) is -0.718. The Balaban J connectivity index is 1.82. The molecule has 0 unspecified atom stereocenters. The number of aliphatic carboxylic acids is 1. The van der Waals surface area contributed by atoms with Crippen LogP contribution in [0, 0.1) is 11.8 Å². The number of phenols is 1. The van der Waals surface area contributed by atoms with E-state index in [0.29, 0.717) is 0 Å². The van der Waals surface area contributed by atoms with Gasteiger partial charge in [-0.15, -0.1) is 0 Å². The maximum Gasteiger partial charge on any atom is 0.304 e. The van der Waals surface area contributed by atoms with E-state index in [1.165, 1.54) is 44.1 Å². The van der Waals surface area contributed by atoms with Gasteiger partial charge in [0.05, 0.1) is 30.3 Å². The maximum absolute atomic E-state index is 14.0. The number of hydrogen-bond donors (Lipinski definition) is 8. The Morgan fingerprint density at radius 3 is 2.41 bits per heavy atom. The van der Waals surface area contributed by atoms with Crippen LogP contribution < -0.4 is 10.6 Å². The van der Waals surface area contributed by atoms with Crippen LogP contribution >= 0.6 is 0 Å². The number of carboxylic acids is 1. The number of benzene rings is 1. The number of carbonyl (C=O) groups excluding carboxylic acids is 3. The smallest absolute Gasteiger partial charge is 0.304 e. The molecule has 3 aliphatic rings. The number of aliphatic hydroxyl groups is 4. The van der Waals surface area contributed by atoms with Crippen LogP contribution in [0.1, 0.15) is 30.9 Å². The topological polar surface area (TPSA) is 217 Å². The summed E-state index contributed by atoms with van der Waals surface area (Å²) < 4.78 is 0. The van der Waals surface area contributed by atoms with Gasteiger partial charge in [0, 0.05) is 24.0 Å². The number of likely N-dealkylation sites (N-methyl/N-ethyl adjacent to an activating group) is 1. The fourth-order valence-corrected chi connectivity index (χ4v) is 6.00. The molecule has 0 radical (unpaired) electrons. The van der Waals surface area contributed by atoms with Gasteiger partial charge in [0.2, 0.25) is 5.78 Å². The Hall–Kier alpha value is -3.78. The number of nitrogens with one attached hydrogen (secondary N) is 2. The predicted molar refractivity (Wildman–Crippen MR) is 134 cm³/mol. The van der Waals surface area contributed by atoms with Crippen molar-refractivity contribution in [1.29, 1.82) is 0 Å². The van der Waals surface area contributed by atoms with Gasteiger partial charge in [0.15, 0.2) is 11.4 Å². The molecule has 1 aromatic rings. The van der Waals surface area contributed by atoms with Crippen molar-refractivity contribution >= 4 is 29.2 Å². The molecule has 1 fully saturated rings. The first kappa shape index (κ1) is 28.2. The molecule has 210 valence electrons. The van der Waals surface area contributed by atoms with Crippen LogP contribution in [0.4, 0.5) is 0 Å². The zero-order valence-corrected chi connectivity index (χ0v) is 21.6. The minimum atomic E-state index is -2.82. The third kappa shape index (κ3) is 4.18. The summed E-state index contributed by atoms with van der Waals surface area (Å²) in [5.41, 5.74) is -5.99. The number of amides is 1. The average Bonchev–Trinajstić information content (AvgIpc) is 2.84. The van der Waals surface area contributed by atoms with E-state index in [0.717, 1.165) is 0 Å². The number of phenolic OH excluding ortho intramolecular Hbond substituents is 1. The van der Waals surface area contributed by atoms with E-state index in [1.807, 2.05) is 0 Å². The highest BCUT2D eigenvalue weighted by molar-refractivity contribution is 6.25. The SMILES string of the molecule is CN(C)[C@@H]1C(=O)C(C(=O)NCNCCC(=O)O)=C(O)[C@]2(O)C(=O)C3=C(O)c4c(O)cccc4[C@@](C)(O)[C@H]3C[C@@H]12.